The van der Waals surface area contributed by atoms with Crippen molar-refractivity contribution < 1.29 is 4.39 Å². The Labute approximate surface area is 131 Å². The molecule has 0 spiro atoms. The number of hydrogen-bond donors (Lipinski definition) is 1. The molecule has 1 heterocycles. The van der Waals surface area contributed by atoms with E-state index in [0.29, 0.717) is 12.1 Å². The van der Waals surface area contributed by atoms with Gasteiger partial charge in [-0.25, -0.2) is 4.39 Å². The second-order valence-electron chi connectivity index (χ2n) is 4.98. The lowest BCUT2D eigenvalue weighted by Gasteiger charge is -2.17. The fourth-order valence-corrected chi connectivity index (χ4v) is 2.59. The minimum Gasteiger partial charge on any atom is -0.377 e. The third-order valence-electron chi connectivity index (χ3n) is 3.26. The summed E-state index contributed by atoms with van der Waals surface area (Å²) in [5.74, 6) is -0.250. The molecule has 1 aromatic carbocycles. The van der Waals surface area contributed by atoms with Gasteiger partial charge in [-0.2, -0.15) is 0 Å². The van der Waals surface area contributed by atoms with Gasteiger partial charge in [0.2, 0.25) is 0 Å². The summed E-state index contributed by atoms with van der Waals surface area (Å²) in [4.78, 5) is 11.7. The summed E-state index contributed by atoms with van der Waals surface area (Å²) in [6.45, 7) is 4.58. The molecule has 0 bridgehead atoms. The van der Waals surface area contributed by atoms with Crippen LogP contribution >= 0.6 is 15.9 Å². The van der Waals surface area contributed by atoms with E-state index in [0.717, 1.165) is 16.6 Å². The van der Waals surface area contributed by atoms with Crippen LogP contribution in [-0.4, -0.2) is 4.57 Å². The van der Waals surface area contributed by atoms with Crippen molar-refractivity contribution in [2.24, 2.45) is 0 Å². The van der Waals surface area contributed by atoms with Crippen molar-refractivity contribution in [1.29, 1.82) is 0 Å². The van der Waals surface area contributed by atoms with Gasteiger partial charge < -0.3 is 9.88 Å². The molecule has 0 aliphatic carbocycles. The molecule has 2 aromatic rings. The number of hydrogen-bond acceptors (Lipinski definition) is 2. The maximum atomic E-state index is 13.9. The highest BCUT2D eigenvalue weighted by Crippen LogP contribution is 2.24. The van der Waals surface area contributed by atoms with Crippen LogP contribution in [0.5, 0.6) is 0 Å². The van der Waals surface area contributed by atoms with E-state index in [1.54, 1.807) is 29.0 Å². The first-order chi connectivity index (χ1) is 10.0. The number of halogens is 2. The molecular formula is C16H18BrFN2O. The van der Waals surface area contributed by atoms with Crippen LogP contribution in [0.2, 0.25) is 0 Å². The van der Waals surface area contributed by atoms with Crippen LogP contribution in [0.1, 0.15) is 31.9 Å². The van der Waals surface area contributed by atoms with Crippen molar-refractivity contribution in [1.82, 2.24) is 4.57 Å². The van der Waals surface area contributed by atoms with E-state index in [2.05, 4.69) is 21.2 Å². The second kappa shape index (κ2) is 6.89. The summed E-state index contributed by atoms with van der Waals surface area (Å²) < 4.78 is 16.4. The van der Waals surface area contributed by atoms with Crippen molar-refractivity contribution in [2.75, 3.05) is 5.32 Å². The van der Waals surface area contributed by atoms with Crippen LogP contribution < -0.4 is 10.9 Å². The first-order valence-corrected chi connectivity index (χ1v) is 7.72. The molecule has 0 saturated carbocycles. The predicted octanol–water partition coefficient (Wildman–Crippen LogP) is 4.33. The Morgan fingerprint density at radius 1 is 1.33 bits per heavy atom. The predicted molar refractivity (Wildman–Crippen MR) is 87.1 cm³/mol. The summed E-state index contributed by atoms with van der Waals surface area (Å²) in [5.41, 5.74) is 1.36. The molecule has 0 aliphatic heterocycles. The number of aromatic nitrogens is 1. The number of aryl methyl sites for hydroxylation is 1. The van der Waals surface area contributed by atoms with Gasteiger partial charge in [0.1, 0.15) is 5.82 Å². The smallest absolute Gasteiger partial charge is 0.250 e. The lowest BCUT2D eigenvalue weighted by molar-refractivity contribution is 0.599. The SMILES string of the molecule is CCCn1cc(NC(C)c2cc(Br)ccc2F)ccc1=O. The van der Waals surface area contributed by atoms with Crippen LogP contribution in [0, 0.1) is 5.82 Å². The highest BCUT2D eigenvalue weighted by Gasteiger charge is 2.11. The van der Waals surface area contributed by atoms with Gasteiger partial charge in [0, 0.05) is 28.8 Å². The van der Waals surface area contributed by atoms with Gasteiger partial charge in [0.05, 0.1) is 11.7 Å². The van der Waals surface area contributed by atoms with Gasteiger partial charge in [-0.3, -0.25) is 4.79 Å². The molecular weight excluding hydrogens is 335 g/mol. The molecule has 2 rings (SSSR count). The number of pyridine rings is 1. The Morgan fingerprint density at radius 2 is 2.10 bits per heavy atom. The van der Waals surface area contributed by atoms with Crippen molar-refractivity contribution >= 4 is 21.6 Å². The topological polar surface area (TPSA) is 34.0 Å². The van der Waals surface area contributed by atoms with Crippen LogP contribution in [0.25, 0.3) is 0 Å². The normalized spacial score (nSPS) is 12.2. The molecule has 0 amide bonds. The molecule has 1 unspecified atom stereocenters. The average molecular weight is 353 g/mol. The standard InChI is InChI=1S/C16H18BrFN2O/c1-3-8-20-10-13(5-7-16(20)21)19-11(2)14-9-12(17)4-6-15(14)18/h4-7,9-11,19H,3,8H2,1-2H3. The zero-order valence-corrected chi connectivity index (χ0v) is 13.7. The van der Waals surface area contributed by atoms with Crippen LogP contribution in [-0.2, 0) is 6.54 Å². The molecule has 1 N–H and O–H groups in total. The summed E-state index contributed by atoms with van der Waals surface area (Å²) >= 11 is 3.35. The van der Waals surface area contributed by atoms with Crippen LogP contribution in [0.15, 0.2) is 45.8 Å². The lowest BCUT2D eigenvalue weighted by Crippen LogP contribution is -2.19. The number of benzene rings is 1. The van der Waals surface area contributed by atoms with E-state index in [1.165, 1.54) is 12.1 Å². The number of nitrogens with one attached hydrogen (secondary N) is 1. The maximum absolute atomic E-state index is 13.9. The zero-order valence-electron chi connectivity index (χ0n) is 12.1. The zero-order chi connectivity index (χ0) is 15.4. The quantitative estimate of drug-likeness (QED) is 0.868. The lowest BCUT2D eigenvalue weighted by atomic mass is 10.1. The number of nitrogens with zero attached hydrogens (tertiary/aromatic N) is 1. The van der Waals surface area contributed by atoms with Gasteiger partial charge in [-0.05, 0) is 37.6 Å². The maximum Gasteiger partial charge on any atom is 0.250 e. The molecule has 3 nitrogen and oxygen atoms in total. The van der Waals surface area contributed by atoms with E-state index in [9.17, 15) is 9.18 Å². The minimum absolute atomic E-state index is 0.0244. The summed E-state index contributed by atoms with van der Waals surface area (Å²) in [6, 6.07) is 7.93. The highest BCUT2D eigenvalue weighted by molar-refractivity contribution is 9.10. The molecule has 0 aliphatic rings. The number of anilines is 1. The monoisotopic (exact) mass is 352 g/mol. The molecule has 1 atom stereocenters. The van der Waals surface area contributed by atoms with Gasteiger partial charge in [-0.1, -0.05) is 22.9 Å². The fraction of sp³-hybridized carbons (Fsp3) is 0.312. The van der Waals surface area contributed by atoms with Crippen molar-refractivity contribution in [3.8, 4) is 0 Å². The third kappa shape index (κ3) is 3.94. The van der Waals surface area contributed by atoms with Gasteiger partial charge in [0.25, 0.3) is 5.56 Å². The summed E-state index contributed by atoms with van der Waals surface area (Å²) in [5, 5.41) is 3.23. The van der Waals surface area contributed by atoms with E-state index in [1.807, 2.05) is 13.8 Å². The highest BCUT2D eigenvalue weighted by atomic mass is 79.9. The Hall–Kier alpha value is -1.62. The van der Waals surface area contributed by atoms with Crippen molar-refractivity contribution in [3.63, 3.8) is 0 Å². The van der Waals surface area contributed by atoms with Gasteiger partial charge >= 0.3 is 0 Å². The molecule has 5 heteroatoms. The van der Waals surface area contributed by atoms with Crippen LogP contribution in [0.3, 0.4) is 0 Å². The van der Waals surface area contributed by atoms with Crippen LogP contribution in [0.4, 0.5) is 10.1 Å². The first kappa shape index (κ1) is 15.8. The van der Waals surface area contributed by atoms with E-state index >= 15 is 0 Å². The number of rotatable bonds is 5. The Morgan fingerprint density at radius 3 is 2.81 bits per heavy atom. The second-order valence-corrected chi connectivity index (χ2v) is 5.90. The van der Waals surface area contributed by atoms with Crippen molar-refractivity contribution in [3.05, 3.63) is 62.7 Å². The minimum atomic E-state index is -0.250. The van der Waals surface area contributed by atoms with Gasteiger partial charge in [0.15, 0.2) is 0 Å². The average Bonchev–Trinajstić information content (AvgIpc) is 2.45. The Kier molecular flexibility index (Phi) is 5.17. The molecule has 21 heavy (non-hydrogen) atoms. The van der Waals surface area contributed by atoms with E-state index < -0.39 is 0 Å². The van der Waals surface area contributed by atoms with Gasteiger partial charge in [-0.15, -0.1) is 0 Å². The van der Waals surface area contributed by atoms with Crippen molar-refractivity contribution in [2.45, 2.75) is 32.9 Å². The fourth-order valence-electron chi connectivity index (χ4n) is 2.21. The molecule has 0 fully saturated rings. The van der Waals surface area contributed by atoms with E-state index in [-0.39, 0.29) is 17.4 Å². The first-order valence-electron chi connectivity index (χ1n) is 6.93. The summed E-state index contributed by atoms with van der Waals surface area (Å²) in [7, 11) is 0. The molecule has 0 saturated heterocycles. The third-order valence-corrected chi connectivity index (χ3v) is 3.75. The Bertz CT molecular complexity index is 684. The molecule has 112 valence electrons. The largest absolute Gasteiger partial charge is 0.377 e. The van der Waals surface area contributed by atoms with E-state index in [4.69, 9.17) is 0 Å². The Balaban J connectivity index is 2.23. The summed E-state index contributed by atoms with van der Waals surface area (Å²) in [6.07, 6.45) is 2.66. The molecule has 1 aromatic heterocycles. The molecule has 0 radical (unpaired) electrons.